The van der Waals surface area contributed by atoms with Crippen molar-refractivity contribution in [1.29, 1.82) is 0 Å². The molecule has 0 aromatic rings. The van der Waals surface area contributed by atoms with Gasteiger partial charge in [0.2, 0.25) is 0 Å². The fraction of sp³-hybridized carbons (Fsp3) is 1.00. The molecule has 2 saturated heterocycles. The van der Waals surface area contributed by atoms with Crippen LogP contribution in [0, 0.1) is 0 Å². The first-order valence-electron chi connectivity index (χ1n) is 4.36. The van der Waals surface area contributed by atoms with Crippen molar-refractivity contribution >= 4 is 10.4 Å². The van der Waals surface area contributed by atoms with Crippen molar-refractivity contribution in [2.24, 2.45) is 0 Å². The summed E-state index contributed by atoms with van der Waals surface area (Å²) in [5, 5.41) is 0. The lowest BCUT2D eigenvalue weighted by molar-refractivity contribution is -0.151. The molecule has 0 radical (unpaired) electrons. The third kappa shape index (κ3) is 2.01. The van der Waals surface area contributed by atoms with Crippen LogP contribution in [0.15, 0.2) is 0 Å². The maximum absolute atomic E-state index is 11.1. The van der Waals surface area contributed by atoms with Crippen molar-refractivity contribution in [3.8, 4) is 0 Å². The summed E-state index contributed by atoms with van der Waals surface area (Å²) in [6, 6.07) is 0. The minimum absolute atomic E-state index is 0.222. The lowest BCUT2D eigenvalue weighted by Gasteiger charge is -2.14. The van der Waals surface area contributed by atoms with Crippen molar-refractivity contribution in [1.82, 2.24) is 0 Å². The monoisotopic (exact) mass is 240 g/mol. The van der Waals surface area contributed by atoms with Crippen LogP contribution in [-0.4, -0.2) is 53.8 Å². The number of ether oxygens (including phenoxy) is 3. The molecular formula is C7H12O7S. The van der Waals surface area contributed by atoms with Crippen molar-refractivity contribution < 1.29 is 31.0 Å². The third-order valence-corrected chi connectivity index (χ3v) is 3.20. The Hall–Kier alpha value is -0.250. The highest BCUT2D eigenvalue weighted by Crippen LogP contribution is 2.34. The van der Waals surface area contributed by atoms with Gasteiger partial charge >= 0.3 is 10.4 Å². The van der Waals surface area contributed by atoms with Gasteiger partial charge in [-0.05, 0) is 0 Å². The Morgan fingerprint density at radius 2 is 1.87 bits per heavy atom. The molecule has 88 valence electrons. The zero-order valence-electron chi connectivity index (χ0n) is 8.28. The van der Waals surface area contributed by atoms with Crippen LogP contribution in [0.2, 0.25) is 0 Å². The van der Waals surface area contributed by atoms with Gasteiger partial charge in [0.1, 0.15) is 12.2 Å². The van der Waals surface area contributed by atoms with E-state index in [4.69, 9.17) is 22.6 Å². The summed E-state index contributed by atoms with van der Waals surface area (Å²) < 4.78 is 46.7. The zero-order valence-corrected chi connectivity index (χ0v) is 9.10. The van der Waals surface area contributed by atoms with E-state index in [0.29, 0.717) is 0 Å². The molecule has 2 fully saturated rings. The van der Waals surface area contributed by atoms with Gasteiger partial charge < -0.3 is 14.2 Å². The molecule has 8 heteroatoms. The predicted molar refractivity (Wildman–Crippen MR) is 46.2 cm³/mol. The molecule has 0 bridgehead atoms. The van der Waals surface area contributed by atoms with E-state index in [0.717, 1.165) is 0 Å². The maximum Gasteiger partial charge on any atom is 0.400 e. The Bertz CT molecular complexity index is 326. The maximum atomic E-state index is 11.1. The number of rotatable bonds is 3. The van der Waals surface area contributed by atoms with E-state index in [2.05, 4.69) is 0 Å². The van der Waals surface area contributed by atoms with Gasteiger partial charge in [-0.3, -0.25) is 0 Å². The summed E-state index contributed by atoms with van der Waals surface area (Å²) in [5.74, 6) is 0. The van der Waals surface area contributed by atoms with Crippen LogP contribution < -0.4 is 0 Å². The molecule has 0 N–H and O–H groups in total. The van der Waals surface area contributed by atoms with E-state index in [1.807, 2.05) is 0 Å². The molecule has 0 aliphatic carbocycles. The molecule has 2 heterocycles. The van der Waals surface area contributed by atoms with E-state index >= 15 is 0 Å². The smallest absolute Gasteiger partial charge is 0.382 e. The van der Waals surface area contributed by atoms with Crippen LogP contribution in [0.4, 0.5) is 0 Å². The first-order chi connectivity index (χ1) is 7.07. The van der Waals surface area contributed by atoms with Crippen LogP contribution in [0.1, 0.15) is 0 Å². The normalized spacial score (nSPS) is 43.1. The Morgan fingerprint density at radius 3 is 2.47 bits per heavy atom. The van der Waals surface area contributed by atoms with Gasteiger partial charge in [0.15, 0.2) is 12.4 Å². The molecule has 2 rings (SSSR count). The summed E-state index contributed by atoms with van der Waals surface area (Å²) in [6.45, 7) is 0.222. The van der Waals surface area contributed by atoms with E-state index in [9.17, 15) is 8.42 Å². The molecule has 0 amide bonds. The largest absolute Gasteiger partial charge is 0.400 e. The summed E-state index contributed by atoms with van der Waals surface area (Å²) in [5.41, 5.74) is 0. The average Bonchev–Trinajstić information content (AvgIpc) is 2.61. The minimum Gasteiger partial charge on any atom is -0.382 e. The second-order valence-electron chi connectivity index (χ2n) is 3.26. The average molecular weight is 240 g/mol. The van der Waals surface area contributed by atoms with Crippen LogP contribution in [0.3, 0.4) is 0 Å². The molecule has 15 heavy (non-hydrogen) atoms. The summed E-state index contributed by atoms with van der Waals surface area (Å²) in [7, 11) is -1.02. The second kappa shape index (κ2) is 3.96. The predicted octanol–water partition coefficient (Wildman–Crippen LogP) is -0.967. The molecule has 0 aromatic carbocycles. The number of methoxy groups -OCH3 is 2. The molecule has 2 aliphatic rings. The molecule has 0 aromatic heterocycles. The fourth-order valence-corrected chi connectivity index (χ4v) is 2.72. The summed E-state index contributed by atoms with van der Waals surface area (Å²) >= 11 is 0. The number of hydrogen-bond acceptors (Lipinski definition) is 7. The van der Waals surface area contributed by atoms with Crippen LogP contribution in [-0.2, 0) is 33.0 Å². The second-order valence-corrected chi connectivity index (χ2v) is 4.47. The Kier molecular flexibility index (Phi) is 2.97. The number of hydrogen-bond donors (Lipinski definition) is 0. The Morgan fingerprint density at radius 1 is 1.20 bits per heavy atom. The highest BCUT2D eigenvalue weighted by atomic mass is 32.3. The first-order valence-corrected chi connectivity index (χ1v) is 5.69. The highest BCUT2D eigenvalue weighted by Gasteiger charge is 2.55. The van der Waals surface area contributed by atoms with Crippen LogP contribution in [0.25, 0.3) is 0 Å². The van der Waals surface area contributed by atoms with Crippen LogP contribution in [0.5, 0.6) is 0 Å². The molecule has 7 nitrogen and oxygen atoms in total. The third-order valence-electron chi connectivity index (χ3n) is 2.29. The van der Waals surface area contributed by atoms with Gasteiger partial charge in [0, 0.05) is 14.2 Å². The SMILES string of the molecule is COC[C@H]1O[C@@H](OC)[C@@H]2OS(=O)(=O)O[C@@H]21. The standard InChI is InChI=1S/C7H12O7S/c1-10-3-4-5-6(7(11-2)12-4)14-15(8,9)13-5/h4-7H,3H2,1-2H3/t4-,5-,6-,7-/m1/s1. The quantitative estimate of drug-likeness (QED) is 0.628. The van der Waals surface area contributed by atoms with Gasteiger partial charge in [-0.25, -0.2) is 8.37 Å². The Labute approximate surface area is 87.5 Å². The van der Waals surface area contributed by atoms with Gasteiger partial charge in [-0.15, -0.1) is 0 Å². The molecule has 4 atom stereocenters. The summed E-state index contributed by atoms with van der Waals surface area (Å²) in [6.07, 6.45) is -2.69. The molecule has 0 saturated carbocycles. The van der Waals surface area contributed by atoms with Crippen molar-refractivity contribution in [2.45, 2.75) is 24.6 Å². The molecule has 0 unspecified atom stereocenters. The first kappa shape index (κ1) is 11.2. The number of fused-ring (bicyclic) bond motifs is 1. The van der Waals surface area contributed by atoms with Gasteiger partial charge in [0.25, 0.3) is 0 Å². The Balaban J connectivity index is 2.15. The van der Waals surface area contributed by atoms with Gasteiger partial charge in [-0.2, -0.15) is 8.42 Å². The highest BCUT2D eigenvalue weighted by molar-refractivity contribution is 7.82. The van der Waals surface area contributed by atoms with Crippen LogP contribution >= 0.6 is 0 Å². The van der Waals surface area contributed by atoms with E-state index in [1.165, 1.54) is 14.2 Å². The van der Waals surface area contributed by atoms with E-state index in [-0.39, 0.29) is 6.61 Å². The van der Waals surface area contributed by atoms with Gasteiger partial charge in [-0.1, -0.05) is 0 Å². The molecular weight excluding hydrogens is 228 g/mol. The van der Waals surface area contributed by atoms with E-state index in [1.54, 1.807) is 0 Å². The van der Waals surface area contributed by atoms with Gasteiger partial charge in [0.05, 0.1) is 6.61 Å². The van der Waals surface area contributed by atoms with Crippen molar-refractivity contribution in [2.75, 3.05) is 20.8 Å². The fourth-order valence-electron chi connectivity index (χ4n) is 1.69. The molecule has 0 spiro atoms. The van der Waals surface area contributed by atoms with Crippen molar-refractivity contribution in [3.63, 3.8) is 0 Å². The topological polar surface area (TPSA) is 80.3 Å². The lowest BCUT2D eigenvalue weighted by atomic mass is 10.1. The van der Waals surface area contributed by atoms with E-state index < -0.39 is 35.0 Å². The lowest BCUT2D eigenvalue weighted by Crippen LogP contribution is -2.32. The summed E-state index contributed by atoms with van der Waals surface area (Å²) in [4.78, 5) is 0. The zero-order chi connectivity index (χ0) is 11.1. The minimum atomic E-state index is -3.92. The molecule has 2 aliphatic heterocycles. The van der Waals surface area contributed by atoms with Crippen molar-refractivity contribution in [3.05, 3.63) is 0 Å².